The van der Waals surface area contributed by atoms with Crippen molar-refractivity contribution in [2.75, 3.05) is 39.5 Å². The molecule has 1 aromatic heterocycles. The highest BCUT2D eigenvalue weighted by Crippen LogP contribution is 2.34. The zero-order valence-corrected chi connectivity index (χ0v) is 15.4. The molecule has 1 saturated heterocycles. The van der Waals surface area contributed by atoms with Gasteiger partial charge in [-0.1, -0.05) is 42.0 Å². The molecule has 0 saturated carbocycles. The molecular weight excluding hydrogens is 342 g/mol. The van der Waals surface area contributed by atoms with Gasteiger partial charge in [-0.15, -0.1) is 0 Å². The molecule has 5 heteroatoms. The average molecular weight is 365 g/mol. The Bertz CT molecular complexity index is 975. The van der Waals surface area contributed by atoms with Crippen LogP contribution in [0.25, 0.3) is 22.1 Å². The van der Waals surface area contributed by atoms with Crippen molar-refractivity contribution in [1.82, 2.24) is 4.90 Å². The van der Waals surface area contributed by atoms with Crippen molar-refractivity contribution < 1.29 is 13.9 Å². The summed E-state index contributed by atoms with van der Waals surface area (Å²) in [6.07, 6.45) is 0. The molecule has 27 heavy (non-hydrogen) atoms. The molecule has 1 fully saturated rings. The van der Waals surface area contributed by atoms with Crippen LogP contribution in [-0.2, 0) is 4.74 Å². The minimum atomic E-state index is -0.376. The SMILES string of the molecule is Cc1ccc2oc(=O)c(-c3ccccc3)c(OCCN3CCOCC3)c2c1. The predicted octanol–water partition coefficient (Wildman–Crippen LogP) is 3.48. The molecule has 0 radical (unpaired) electrons. The predicted molar refractivity (Wildman–Crippen MR) is 105 cm³/mol. The minimum Gasteiger partial charge on any atom is -0.491 e. The smallest absolute Gasteiger partial charge is 0.347 e. The normalized spacial score (nSPS) is 15.1. The molecular formula is C22H23NO4. The first-order chi connectivity index (χ1) is 13.2. The Morgan fingerprint density at radius 3 is 2.63 bits per heavy atom. The molecule has 2 heterocycles. The number of benzene rings is 2. The molecule has 0 bridgehead atoms. The Morgan fingerprint density at radius 1 is 1.07 bits per heavy atom. The van der Waals surface area contributed by atoms with Crippen LogP contribution in [0.5, 0.6) is 5.75 Å². The van der Waals surface area contributed by atoms with Gasteiger partial charge in [0.25, 0.3) is 0 Å². The van der Waals surface area contributed by atoms with Gasteiger partial charge in [0, 0.05) is 19.6 Å². The molecule has 4 rings (SSSR count). The van der Waals surface area contributed by atoms with Crippen LogP contribution in [-0.4, -0.2) is 44.4 Å². The number of nitrogens with zero attached hydrogens (tertiary/aromatic N) is 1. The first-order valence-corrected chi connectivity index (χ1v) is 9.28. The number of hydrogen-bond acceptors (Lipinski definition) is 5. The zero-order valence-electron chi connectivity index (χ0n) is 15.4. The molecule has 1 aliphatic heterocycles. The summed E-state index contributed by atoms with van der Waals surface area (Å²) in [5.74, 6) is 0.601. The van der Waals surface area contributed by atoms with Crippen molar-refractivity contribution in [2.45, 2.75) is 6.92 Å². The van der Waals surface area contributed by atoms with Crippen LogP contribution in [0.3, 0.4) is 0 Å². The molecule has 0 N–H and O–H groups in total. The molecule has 0 spiro atoms. The van der Waals surface area contributed by atoms with E-state index in [4.69, 9.17) is 13.9 Å². The number of aryl methyl sites for hydroxylation is 1. The number of hydrogen-bond donors (Lipinski definition) is 0. The van der Waals surface area contributed by atoms with E-state index in [-0.39, 0.29) is 5.63 Å². The largest absolute Gasteiger partial charge is 0.491 e. The Balaban J connectivity index is 1.72. The van der Waals surface area contributed by atoms with E-state index in [0.29, 0.717) is 23.5 Å². The maximum absolute atomic E-state index is 12.7. The van der Waals surface area contributed by atoms with Gasteiger partial charge in [-0.3, -0.25) is 4.90 Å². The van der Waals surface area contributed by atoms with Crippen molar-refractivity contribution in [2.24, 2.45) is 0 Å². The Kier molecular flexibility index (Phi) is 5.23. The third kappa shape index (κ3) is 3.89. The number of rotatable bonds is 5. The van der Waals surface area contributed by atoms with Crippen molar-refractivity contribution in [3.05, 3.63) is 64.5 Å². The lowest BCUT2D eigenvalue weighted by molar-refractivity contribution is 0.0323. The van der Waals surface area contributed by atoms with E-state index in [1.807, 2.05) is 55.5 Å². The summed E-state index contributed by atoms with van der Waals surface area (Å²) < 4.78 is 17.2. The van der Waals surface area contributed by atoms with E-state index >= 15 is 0 Å². The van der Waals surface area contributed by atoms with Gasteiger partial charge in [-0.05, 0) is 24.6 Å². The molecule has 0 unspecified atom stereocenters. The average Bonchev–Trinajstić information content (AvgIpc) is 2.70. The monoisotopic (exact) mass is 365 g/mol. The van der Waals surface area contributed by atoms with E-state index in [2.05, 4.69) is 4.90 Å². The van der Waals surface area contributed by atoms with Crippen LogP contribution in [0.4, 0.5) is 0 Å². The lowest BCUT2D eigenvalue weighted by atomic mass is 10.0. The maximum Gasteiger partial charge on any atom is 0.347 e. The van der Waals surface area contributed by atoms with Crippen LogP contribution in [0.2, 0.25) is 0 Å². The van der Waals surface area contributed by atoms with Crippen molar-refractivity contribution in [1.29, 1.82) is 0 Å². The van der Waals surface area contributed by atoms with Crippen molar-refractivity contribution in [3.63, 3.8) is 0 Å². The third-order valence-electron chi connectivity index (χ3n) is 4.83. The summed E-state index contributed by atoms with van der Waals surface area (Å²) in [6, 6.07) is 15.3. The lowest BCUT2D eigenvalue weighted by Crippen LogP contribution is -2.38. The van der Waals surface area contributed by atoms with Crippen LogP contribution >= 0.6 is 0 Å². The Morgan fingerprint density at radius 2 is 1.85 bits per heavy atom. The molecule has 1 aliphatic rings. The van der Waals surface area contributed by atoms with Gasteiger partial charge in [-0.2, -0.15) is 0 Å². The summed E-state index contributed by atoms with van der Waals surface area (Å²) in [4.78, 5) is 15.0. The first-order valence-electron chi connectivity index (χ1n) is 9.28. The van der Waals surface area contributed by atoms with Crippen LogP contribution in [0.15, 0.2) is 57.7 Å². The van der Waals surface area contributed by atoms with E-state index in [9.17, 15) is 4.79 Å². The van der Waals surface area contributed by atoms with Gasteiger partial charge < -0.3 is 13.9 Å². The quantitative estimate of drug-likeness (QED) is 0.648. The van der Waals surface area contributed by atoms with Gasteiger partial charge in [0.2, 0.25) is 0 Å². The Hall–Kier alpha value is -2.63. The van der Waals surface area contributed by atoms with Crippen LogP contribution in [0.1, 0.15) is 5.56 Å². The standard InChI is InChI=1S/C22H23NO4/c1-16-7-8-19-18(15-16)21(26-14-11-23-9-12-25-13-10-23)20(22(24)27-19)17-5-3-2-4-6-17/h2-8,15H,9-14H2,1H3. The maximum atomic E-state index is 12.7. The fourth-order valence-electron chi connectivity index (χ4n) is 3.39. The molecule has 0 atom stereocenters. The van der Waals surface area contributed by atoms with E-state index in [0.717, 1.165) is 49.4 Å². The van der Waals surface area contributed by atoms with Gasteiger partial charge in [0.05, 0.1) is 18.6 Å². The zero-order chi connectivity index (χ0) is 18.6. The molecule has 5 nitrogen and oxygen atoms in total. The molecule has 2 aromatic carbocycles. The second kappa shape index (κ2) is 7.94. The second-order valence-electron chi connectivity index (χ2n) is 6.76. The molecule has 140 valence electrons. The second-order valence-corrected chi connectivity index (χ2v) is 6.76. The summed E-state index contributed by atoms with van der Waals surface area (Å²) in [6.45, 7) is 6.65. The number of morpholine rings is 1. The van der Waals surface area contributed by atoms with Crippen molar-refractivity contribution in [3.8, 4) is 16.9 Å². The van der Waals surface area contributed by atoms with Gasteiger partial charge in [0.1, 0.15) is 23.5 Å². The number of ether oxygens (including phenoxy) is 2. The van der Waals surface area contributed by atoms with Crippen molar-refractivity contribution >= 4 is 11.0 Å². The van der Waals surface area contributed by atoms with Crippen LogP contribution < -0.4 is 10.4 Å². The fourth-order valence-corrected chi connectivity index (χ4v) is 3.39. The minimum absolute atomic E-state index is 0.376. The molecule has 3 aromatic rings. The van der Waals surface area contributed by atoms with E-state index in [1.54, 1.807) is 0 Å². The highest BCUT2D eigenvalue weighted by molar-refractivity contribution is 5.91. The molecule has 0 aliphatic carbocycles. The van der Waals surface area contributed by atoms with Gasteiger partial charge in [0.15, 0.2) is 0 Å². The Labute approximate surface area is 158 Å². The summed E-state index contributed by atoms with van der Waals surface area (Å²) in [7, 11) is 0. The van der Waals surface area contributed by atoms with Gasteiger partial charge in [-0.25, -0.2) is 4.79 Å². The summed E-state index contributed by atoms with van der Waals surface area (Å²) in [5.41, 5.74) is 2.55. The highest BCUT2D eigenvalue weighted by Gasteiger charge is 2.19. The summed E-state index contributed by atoms with van der Waals surface area (Å²) >= 11 is 0. The van der Waals surface area contributed by atoms with Gasteiger partial charge >= 0.3 is 5.63 Å². The highest BCUT2D eigenvalue weighted by atomic mass is 16.5. The van der Waals surface area contributed by atoms with E-state index in [1.165, 1.54) is 0 Å². The lowest BCUT2D eigenvalue weighted by Gasteiger charge is -2.26. The summed E-state index contributed by atoms with van der Waals surface area (Å²) in [5, 5.41) is 0.829. The van der Waals surface area contributed by atoms with Crippen LogP contribution in [0, 0.1) is 6.92 Å². The topological polar surface area (TPSA) is 51.9 Å². The molecule has 0 amide bonds. The third-order valence-corrected chi connectivity index (χ3v) is 4.83. The first kappa shape index (κ1) is 17.8. The number of fused-ring (bicyclic) bond motifs is 1. The van der Waals surface area contributed by atoms with E-state index < -0.39 is 0 Å². The fraction of sp³-hybridized carbons (Fsp3) is 0.318.